The minimum Gasteiger partial charge on any atom is -0.379 e. The molecule has 2 bridgehead atoms. The van der Waals surface area contributed by atoms with Gasteiger partial charge in [0.05, 0.1) is 11.9 Å². The first kappa shape index (κ1) is 18.8. The predicted octanol–water partition coefficient (Wildman–Crippen LogP) is 3.05. The number of hydrogen-bond donors (Lipinski definition) is 2. The molecule has 1 aromatic heterocycles. The Morgan fingerprint density at radius 1 is 1.37 bits per heavy atom. The van der Waals surface area contributed by atoms with Gasteiger partial charge in [0.1, 0.15) is 11.6 Å². The van der Waals surface area contributed by atoms with E-state index in [4.69, 9.17) is 11.6 Å². The molecule has 0 aromatic carbocycles. The van der Waals surface area contributed by atoms with Gasteiger partial charge in [0.15, 0.2) is 0 Å². The Kier molecular flexibility index (Phi) is 4.73. The normalized spacial score (nSPS) is 31.6. The fraction of sp³-hybridized carbons (Fsp3) is 0.750. The Labute approximate surface area is 165 Å². The number of nitrogens with zero attached hydrogens (tertiary/aromatic N) is 2. The molecule has 6 nitrogen and oxygen atoms in total. The van der Waals surface area contributed by atoms with Gasteiger partial charge in [-0.15, -0.1) is 0 Å². The maximum absolute atomic E-state index is 12.5. The van der Waals surface area contributed by atoms with Gasteiger partial charge in [-0.2, -0.15) is 5.10 Å². The maximum atomic E-state index is 12.5. The summed E-state index contributed by atoms with van der Waals surface area (Å²) in [5.41, 5.74) is 0.573. The van der Waals surface area contributed by atoms with Crippen LogP contribution in [-0.4, -0.2) is 27.8 Å². The van der Waals surface area contributed by atoms with Crippen molar-refractivity contribution in [2.75, 3.05) is 5.32 Å². The Balaban J connectivity index is 1.43. The van der Waals surface area contributed by atoms with E-state index in [-0.39, 0.29) is 23.5 Å². The van der Waals surface area contributed by atoms with Crippen LogP contribution in [0.1, 0.15) is 52.9 Å². The van der Waals surface area contributed by atoms with E-state index in [1.807, 2.05) is 0 Å². The molecule has 4 saturated carbocycles. The summed E-state index contributed by atoms with van der Waals surface area (Å²) in [7, 11) is 0. The molecule has 27 heavy (non-hydrogen) atoms. The molecule has 4 fully saturated rings. The first-order valence-electron chi connectivity index (χ1n) is 10.1. The highest BCUT2D eigenvalue weighted by molar-refractivity contribution is 6.32. The summed E-state index contributed by atoms with van der Waals surface area (Å²) in [4.78, 5) is 24.6. The monoisotopic (exact) mass is 392 g/mol. The summed E-state index contributed by atoms with van der Waals surface area (Å²) < 4.78 is 1.15. The van der Waals surface area contributed by atoms with Gasteiger partial charge in [0.2, 0.25) is 5.91 Å². The molecule has 1 heterocycles. The number of amides is 1. The third kappa shape index (κ3) is 3.26. The van der Waals surface area contributed by atoms with Crippen LogP contribution in [0.4, 0.5) is 5.69 Å². The highest BCUT2D eigenvalue weighted by atomic mass is 35.5. The fourth-order valence-corrected chi connectivity index (χ4v) is 5.38. The van der Waals surface area contributed by atoms with Gasteiger partial charge in [-0.3, -0.25) is 9.59 Å². The van der Waals surface area contributed by atoms with Crippen molar-refractivity contribution in [1.29, 1.82) is 0 Å². The average molecular weight is 393 g/mol. The van der Waals surface area contributed by atoms with Gasteiger partial charge >= 0.3 is 0 Å². The van der Waals surface area contributed by atoms with Crippen molar-refractivity contribution in [3.63, 3.8) is 0 Å². The standard InChI is InChI=1S/C20H29ClN4O2/c1-11-14-7-12(20(14,2)3)8-15(11)24-16-9-22-25(19(27)18(16)21)10-17(26)23-13-5-4-6-13/h9,11-15,24H,4-8,10H2,1-3H3,(H,23,26)/t11-,12-,14+,15-/m1/s1. The summed E-state index contributed by atoms with van der Waals surface area (Å²) in [6, 6.07) is 0.548. The van der Waals surface area contributed by atoms with Gasteiger partial charge in [0.25, 0.3) is 5.56 Å². The third-order valence-corrected chi connectivity index (χ3v) is 7.81. The molecular weight excluding hydrogens is 364 g/mol. The van der Waals surface area contributed by atoms with Crippen molar-refractivity contribution in [2.45, 2.75) is 71.5 Å². The summed E-state index contributed by atoms with van der Waals surface area (Å²) in [6.07, 6.45) is 7.14. The zero-order valence-electron chi connectivity index (χ0n) is 16.3. The number of rotatable bonds is 5. The highest BCUT2D eigenvalue weighted by Gasteiger charge is 2.56. The number of carbonyl (C=O) groups is 1. The molecule has 1 amide bonds. The van der Waals surface area contributed by atoms with Gasteiger partial charge in [-0.05, 0) is 55.3 Å². The number of halogens is 1. The molecule has 5 rings (SSSR count). The smallest absolute Gasteiger partial charge is 0.288 e. The fourth-order valence-electron chi connectivity index (χ4n) is 5.18. The molecule has 0 unspecified atom stereocenters. The van der Waals surface area contributed by atoms with Crippen LogP contribution >= 0.6 is 11.6 Å². The van der Waals surface area contributed by atoms with Crippen LogP contribution in [0, 0.1) is 23.2 Å². The molecular formula is C20H29ClN4O2. The van der Waals surface area contributed by atoms with Crippen molar-refractivity contribution in [3.8, 4) is 0 Å². The largest absolute Gasteiger partial charge is 0.379 e. The first-order chi connectivity index (χ1) is 12.8. The van der Waals surface area contributed by atoms with Crippen molar-refractivity contribution in [2.24, 2.45) is 23.2 Å². The van der Waals surface area contributed by atoms with Crippen molar-refractivity contribution in [3.05, 3.63) is 21.6 Å². The number of nitrogens with one attached hydrogen (secondary N) is 2. The summed E-state index contributed by atoms with van der Waals surface area (Å²) >= 11 is 6.33. The highest BCUT2D eigenvalue weighted by Crippen LogP contribution is 2.61. The van der Waals surface area contributed by atoms with Gasteiger partial charge in [0, 0.05) is 12.1 Å². The second kappa shape index (κ2) is 6.80. The number of fused-ring (bicyclic) bond motifs is 2. The molecule has 0 spiro atoms. The lowest BCUT2D eigenvalue weighted by atomic mass is 9.45. The minimum absolute atomic E-state index is 0.0898. The molecule has 1 aromatic rings. The van der Waals surface area contributed by atoms with Crippen molar-refractivity contribution >= 4 is 23.2 Å². The second-order valence-corrected chi connectivity index (χ2v) is 9.61. The lowest BCUT2D eigenvalue weighted by Gasteiger charge is -2.62. The van der Waals surface area contributed by atoms with Crippen LogP contribution in [-0.2, 0) is 11.3 Å². The number of hydrogen-bond acceptors (Lipinski definition) is 4. The van der Waals surface area contributed by atoms with E-state index in [9.17, 15) is 9.59 Å². The zero-order chi connectivity index (χ0) is 19.3. The quantitative estimate of drug-likeness (QED) is 0.807. The Morgan fingerprint density at radius 3 is 2.70 bits per heavy atom. The molecule has 0 aliphatic heterocycles. The predicted molar refractivity (Wildman–Crippen MR) is 106 cm³/mol. The molecule has 7 heteroatoms. The number of anilines is 1. The van der Waals surface area contributed by atoms with Crippen molar-refractivity contribution < 1.29 is 4.79 Å². The SMILES string of the molecule is C[C@H]1[C@H](Nc2cnn(CC(=O)NC3CCC3)c(=O)c2Cl)C[C@H]2C[C@@H]1C2(C)C. The van der Waals surface area contributed by atoms with Crippen LogP contribution in [0.25, 0.3) is 0 Å². The first-order valence-corrected chi connectivity index (χ1v) is 10.5. The van der Waals surface area contributed by atoms with E-state index in [2.05, 4.69) is 36.5 Å². The summed E-state index contributed by atoms with van der Waals surface area (Å²) in [6.45, 7) is 6.92. The number of carbonyl (C=O) groups excluding carboxylic acids is 1. The second-order valence-electron chi connectivity index (χ2n) is 9.24. The Bertz CT molecular complexity index is 802. The average Bonchev–Trinajstić information content (AvgIpc) is 2.58. The van der Waals surface area contributed by atoms with E-state index in [0.29, 0.717) is 29.0 Å². The Morgan fingerprint density at radius 2 is 2.11 bits per heavy atom. The molecule has 2 N–H and O–H groups in total. The zero-order valence-corrected chi connectivity index (χ0v) is 17.1. The van der Waals surface area contributed by atoms with Gasteiger partial charge in [-0.25, -0.2) is 4.68 Å². The summed E-state index contributed by atoms with van der Waals surface area (Å²) in [5, 5.41) is 10.7. The lowest BCUT2D eigenvalue weighted by Crippen LogP contribution is -2.58. The third-order valence-electron chi connectivity index (χ3n) is 7.44. The molecule has 4 aliphatic carbocycles. The van der Waals surface area contributed by atoms with Gasteiger partial charge < -0.3 is 10.6 Å². The molecule has 4 atom stereocenters. The van der Waals surface area contributed by atoms with Crippen LogP contribution in [0.5, 0.6) is 0 Å². The number of aromatic nitrogens is 2. The van der Waals surface area contributed by atoms with E-state index in [1.54, 1.807) is 6.20 Å². The van der Waals surface area contributed by atoms with E-state index < -0.39 is 5.56 Å². The maximum Gasteiger partial charge on any atom is 0.288 e. The molecule has 4 aliphatic rings. The van der Waals surface area contributed by atoms with Crippen LogP contribution in [0.2, 0.25) is 5.02 Å². The van der Waals surface area contributed by atoms with E-state index >= 15 is 0 Å². The summed E-state index contributed by atoms with van der Waals surface area (Å²) in [5.74, 6) is 1.76. The van der Waals surface area contributed by atoms with Crippen molar-refractivity contribution in [1.82, 2.24) is 15.1 Å². The van der Waals surface area contributed by atoms with Crippen LogP contribution < -0.4 is 16.2 Å². The van der Waals surface area contributed by atoms with Gasteiger partial charge in [-0.1, -0.05) is 32.4 Å². The van der Waals surface area contributed by atoms with E-state index in [1.165, 1.54) is 6.42 Å². The topological polar surface area (TPSA) is 76.0 Å². The van der Waals surface area contributed by atoms with Crippen LogP contribution in [0.3, 0.4) is 0 Å². The molecule has 0 radical (unpaired) electrons. The molecule has 0 saturated heterocycles. The Hall–Kier alpha value is -1.56. The van der Waals surface area contributed by atoms with E-state index in [0.717, 1.165) is 36.3 Å². The minimum atomic E-state index is -0.417. The lowest BCUT2D eigenvalue weighted by molar-refractivity contribution is -0.123. The van der Waals surface area contributed by atoms with Crippen LogP contribution in [0.15, 0.2) is 11.0 Å². The molecule has 148 valence electrons.